The number of benzene rings is 1. The van der Waals surface area contributed by atoms with Gasteiger partial charge in [0.2, 0.25) is 11.8 Å². The van der Waals surface area contributed by atoms with Crippen molar-refractivity contribution in [3.05, 3.63) is 23.8 Å². The van der Waals surface area contributed by atoms with Crippen molar-refractivity contribution in [2.24, 2.45) is 11.1 Å². The van der Waals surface area contributed by atoms with Crippen LogP contribution < -0.4 is 16.0 Å². The lowest BCUT2D eigenvalue weighted by atomic mass is 9.85. The van der Waals surface area contributed by atoms with Crippen molar-refractivity contribution in [1.82, 2.24) is 0 Å². The van der Waals surface area contributed by atoms with Gasteiger partial charge < -0.3 is 16.0 Å². The fourth-order valence-electron chi connectivity index (χ4n) is 3.65. The van der Waals surface area contributed by atoms with Crippen molar-refractivity contribution in [3.8, 4) is 0 Å². The zero-order valence-corrected chi connectivity index (χ0v) is 13.0. The lowest BCUT2D eigenvalue weighted by Crippen LogP contribution is -2.40. The average molecular weight is 301 g/mol. The maximum absolute atomic E-state index is 12.6. The number of amides is 2. The van der Waals surface area contributed by atoms with Crippen LogP contribution in [-0.4, -0.2) is 24.9 Å². The van der Waals surface area contributed by atoms with Gasteiger partial charge in [-0.2, -0.15) is 0 Å². The number of carbonyl (C=O) groups is 2. The molecule has 0 atom stereocenters. The van der Waals surface area contributed by atoms with Gasteiger partial charge in [0.15, 0.2) is 0 Å². The van der Waals surface area contributed by atoms with Crippen molar-refractivity contribution in [3.63, 3.8) is 0 Å². The van der Waals surface area contributed by atoms with Gasteiger partial charge in [0.25, 0.3) is 0 Å². The molecule has 0 saturated heterocycles. The van der Waals surface area contributed by atoms with E-state index in [0.29, 0.717) is 6.54 Å². The molecule has 0 aromatic heterocycles. The predicted octanol–water partition coefficient (Wildman–Crippen LogP) is 2.05. The van der Waals surface area contributed by atoms with Crippen molar-refractivity contribution >= 4 is 23.2 Å². The van der Waals surface area contributed by atoms with Gasteiger partial charge in [-0.1, -0.05) is 12.8 Å². The minimum Gasteiger partial charge on any atom is -0.329 e. The Morgan fingerprint density at radius 3 is 2.68 bits per heavy atom. The van der Waals surface area contributed by atoms with Crippen LogP contribution in [0.25, 0.3) is 0 Å². The van der Waals surface area contributed by atoms with E-state index < -0.39 is 5.41 Å². The Morgan fingerprint density at radius 1 is 1.32 bits per heavy atom. The minimum atomic E-state index is -0.398. The van der Waals surface area contributed by atoms with E-state index in [9.17, 15) is 9.59 Å². The SMILES string of the molecule is CC(=O)N1CCc2cc(NC(=O)C3(CN)CCCC3)ccc21. The Morgan fingerprint density at radius 2 is 2.05 bits per heavy atom. The molecule has 2 amide bonds. The number of nitrogens with zero attached hydrogens (tertiary/aromatic N) is 1. The van der Waals surface area contributed by atoms with Gasteiger partial charge in [-0.15, -0.1) is 0 Å². The van der Waals surface area contributed by atoms with Gasteiger partial charge in [-0.25, -0.2) is 0 Å². The highest BCUT2D eigenvalue weighted by Crippen LogP contribution is 2.38. The first-order valence-electron chi connectivity index (χ1n) is 7.98. The molecule has 0 unspecified atom stereocenters. The topological polar surface area (TPSA) is 75.4 Å². The molecule has 1 heterocycles. The van der Waals surface area contributed by atoms with Crippen LogP contribution >= 0.6 is 0 Å². The van der Waals surface area contributed by atoms with Gasteiger partial charge in [0.1, 0.15) is 0 Å². The number of hydrogen-bond donors (Lipinski definition) is 2. The molecule has 0 bridgehead atoms. The summed E-state index contributed by atoms with van der Waals surface area (Å²) in [6.07, 6.45) is 4.72. The molecule has 0 spiro atoms. The number of fused-ring (bicyclic) bond motifs is 1. The van der Waals surface area contributed by atoms with Crippen LogP contribution in [0.3, 0.4) is 0 Å². The molecular formula is C17H23N3O2. The number of carbonyl (C=O) groups excluding carboxylic acids is 2. The fraction of sp³-hybridized carbons (Fsp3) is 0.529. The number of nitrogens with one attached hydrogen (secondary N) is 1. The molecule has 118 valence electrons. The van der Waals surface area contributed by atoms with Gasteiger partial charge in [-0.3, -0.25) is 9.59 Å². The van der Waals surface area contributed by atoms with Crippen LogP contribution in [0.5, 0.6) is 0 Å². The fourth-order valence-corrected chi connectivity index (χ4v) is 3.65. The van der Waals surface area contributed by atoms with E-state index in [2.05, 4.69) is 5.32 Å². The first-order chi connectivity index (χ1) is 10.6. The summed E-state index contributed by atoms with van der Waals surface area (Å²) in [6.45, 7) is 2.70. The molecule has 1 aromatic carbocycles. The summed E-state index contributed by atoms with van der Waals surface area (Å²) in [7, 11) is 0. The van der Waals surface area contributed by atoms with E-state index >= 15 is 0 Å². The summed E-state index contributed by atoms with van der Waals surface area (Å²) in [5, 5.41) is 3.03. The van der Waals surface area contributed by atoms with Gasteiger partial charge in [0.05, 0.1) is 5.41 Å². The van der Waals surface area contributed by atoms with Crippen LogP contribution in [0.4, 0.5) is 11.4 Å². The quantitative estimate of drug-likeness (QED) is 0.897. The molecule has 1 aliphatic carbocycles. The lowest BCUT2D eigenvalue weighted by Gasteiger charge is -2.26. The molecule has 1 aliphatic heterocycles. The summed E-state index contributed by atoms with van der Waals surface area (Å²) >= 11 is 0. The largest absolute Gasteiger partial charge is 0.329 e. The molecule has 3 N–H and O–H groups in total. The normalized spacial score (nSPS) is 19.1. The molecule has 22 heavy (non-hydrogen) atoms. The summed E-state index contributed by atoms with van der Waals surface area (Å²) in [5.41, 5.74) is 8.33. The maximum atomic E-state index is 12.6. The van der Waals surface area contributed by atoms with Crippen LogP contribution in [0.2, 0.25) is 0 Å². The molecule has 2 aliphatic rings. The minimum absolute atomic E-state index is 0.0360. The van der Waals surface area contributed by atoms with Crippen LogP contribution in [0.1, 0.15) is 38.2 Å². The molecule has 5 nitrogen and oxygen atoms in total. The Kier molecular flexibility index (Phi) is 3.91. The maximum Gasteiger partial charge on any atom is 0.231 e. The lowest BCUT2D eigenvalue weighted by molar-refractivity contribution is -0.124. The number of anilines is 2. The van der Waals surface area contributed by atoms with Gasteiger partial charge in [0, 0.05) is 31.4 Å². The monoisotopic (exact) mass is 301 g/mol. The average Bonchev–Trinajstić information content (AvgIpc) is 3.14. The highest BCUT2D eigenvalue weighted by Gasteiger charge is 2.39. The standard InChI is InChI=1S/C17H23N3O2/c1-12(21)20-9-6-13-10-14(4-5-15(13)20)19-16(22)17(11-18)7-2-3-8-17/h4-5,10H,2-3,6-9,11,18H2,1H3,(H,19,22). The van der Waals surface area contributed by atoms with E-state index in [1.165, 1.54) is 0 Å². The van der Waals surface area contributed by atoms with Gasteiger partial charge in [-0.05, 0) is 43.0 Å². The van der Waals surface area contributed by atoms with E-state index in [1.807, 2.05) is 18.2 Å². The first-order valence-corrected chi connectivity index (χ1v) is 7.98. The van der Waals surface area contributed by atoms with Crippen molar-refractivity contribution < 1.29 is 9.59 Å². The molecule has 1 aromatic rings. The Balaban J connectivity index is 1.77. The van der Waals surface area contributed by atoms with E-state index in [1.54, 1.807) is 11.8 Å². The molecule has 3 rings (SSSR count). The first kappa shape index (κ1) is 15.0. The zero-order valence-electron chi connectivity index (χ0n) is 13.0. The number of nitrogens with two attached hydrogens (primary N) is 1. The van der Waals surface area contributed by atoms with Crippen LogP contribution in [0.15, 0.2) is 18.2 Å². The van der Waals surface area contributed by atoms with Crippen LogP contribution in [-0.2, 0) is 16.0 Å². The second kappa shape index (κ2) is 5.72. The summed E-state index contributed by atoms with van der Waals surface area (Å²) in [5.74, 6) is 0.0949. The van der Waals surface area contributed by atoms with E-state index in [4.69, 9.17) is 5.73 Å². The third-order valence-corrected chi connectivity index (χ3v) is 5.05. The summed E-state index contributed by atoms with van der Waals surface area (Å²) in [4.78, 5) is 25.9. The van der Waals surface area contributed by atoms with Crippen molar-refractivity contribution in [2.45, 2.75) is 39.0 Å². The highest BCUT2D eigenvalue weighted by molar-refractivity contribution is 5.97. The smallest absolute Gasteiger partial charge is 0.231 e. The summed E-state index contributed by atoms with van der Waals surface area (Å²) < 4.78 is 0. The summed E-state index contributed by atoms with van der Waals surface area (Å²) in [6, 6.07) is 5.77. The van der Waals surface area contributed by atoms with Gasteiger partial charge >= 0.3 is 0 Å². The Bertz CT molecular complexity index is 606. The van der Waals surface area contributed by atoms with Crippen molar-refractivity contribution in [1.29, 1.82) is 0 Å². The number of hydrogen-bond acceptors (Lipinski definition) is 3. The molecule has 1 saturated carbocycles. The second-order valence-electron chi connectivity index (χ2n) is 6.41. The molecular weight excluding hydrogens is 278 g/mol. The molecule has 1 fully saturated rings. The molecule has 5 heteroatoms. The Hall–Kier alpha value is -1.88. The predicted molar refractivity (Wildman–Crippen MR) is 86.8 cm³/mol. The zero-order chi connectivity index (χ0) is 15.7. The van der Waals surface area contributed by atoms with E-state index in [0.717, 1.165) is 55.6 Å². The van der Waals surface area contributed by atoms with E-state index in [-0.39, 0.29) is 11.8 Å². The third-order valence-electron chi connectivity index (χ3n) is 5.05. The highest BCUT2D eigenvalue weighted by atomic mass is 16.2. The van der Waals surface area contributed by atoms with Crippen molar-refractivity contribution in [2.75, 3.05) is 23.3 Å². The van der Waals surface area contributed by atoms with Crippen LogP contribution in [0, 0.1) is 5.41 Å². The second-order valence-corrected chi connectivity index (χ2v) is 6.41. The third kappa shape index (κ3) is 2.50. The molecule has 0 radical (unpaired) electrons. The number of rotatable bonds is 3. The Labute approximate surface area is 130 Å².